The van der Waals surface area contributed by atoms with Crippen molar-refractivity contribution in [3.8, 4) is 11.9 Å². The van der Waals surface area contributed by atoms with E-state index < -0.39 is 47.0 Å². The average Bonchev–Trinajstić information content (AvgIpc) is 2.28. The number of alkyl halides is 5. The molecule has 0 unspecified atom stereocenters. The van der Waals surface area contributed by atoms with Gasteiger partial charge in [0.05, 0.1) is 17.4 Å². The molecule has 1 aromatic rings. The van der Waals surface area contributed by atoms with Crippen molar-refractivity contribution < 1.29 is 31.6 Å². The molecule has 0 aliphatic rings. The molecule has 0 radical (unpaired) electrons. The summed E-state index contributed by atoms with van der Waals surface area (Å²) in [6.07, 6.45) is -9.42. The summed E-state index contributed by atoms with van der Waals surface area (Å²) >= 11 is 0. The summed E-state index contributed by atoms with van der Waals surface area (Å²) in [5, 5.41) is 19.0. The van der Waals surface area contributed by atoms with Crippen LogP contribution in [0.4, 0.5) is 27.6 Å². The molecule has 1 aromatic heterocycles. The van der Waals surface area contributed by atoms with Gasteiger partial charge in [-0.2, -0.15) is 5.26 Å². The number of hydrogen-bond acceptors (Lipinski definition) is 5. The predicted octanol–water partition coefficient (Wildman–Crippen LogP) is 2.89. The van der Waals surface area contributed by atoms with Crippen molar-refractivity contribution in [3.05, 3.63) is 27.4 Å². The molecule has 0 saturated carbocycles. The fourth-order valence-corrected chi connectivity index (χ4v) is 1.26. The largest absolute Gasteiger partial charge is 0.574 e. The maximum Gasteiger partial charge on any atom is 0.574 e. The monoisotopic (exact) mass is 297 g/mol. The van der Waals surface area contributed by atoms with E-state index >= 15 is 0 Å². The lowest BCUT2D eigenvalue weighted by molar-refractivity contribution is -0.386. The zero-order valence-electron chi connectivity index (χ0n) is 9.32. The number of halogens is 5. The first-order valence-corrected chi connectivity index (χ1v) is 4.74. The molecule has 0 bridgehead atoms. The molecule has 0 aromatic carbocycles. The number of rotatable bonds is 4. The van der Waals surface area contributed by atoms with Crippen LogP contribution in [0.1, 0.15) is 17.7 Å². The van der Waals surface area contributed by atoms with Gasteiger partial charge >= 0.3 is 6.36 Å². The standard InChI is InChI=1S/C9H4F5N3O3/c10-7(11)6-5(17(18)19)3-4(1-2-15)8(16-6)20-9(12,13)14/h3,7H,1H2. The Kier molecular flexibility index (Phi) is 4.38. The molecular weight excluding hydrogens is 293 g/mol. The molecular formula is C9H4F5N3O3. The first-order chi connectivity index (χ1) is 9.15. The van der Waals surface area contributed by atoms with Gasteiger partial charge in [0.1, 0.15) is 0 Å². The molecule has 20 heavy (non-hydrogen) atoms. The highest BCUT2D eigenvalue weighted by Gasteiger charge is 2.35. The number of ether oxygens (including phenoxy) is 1. The van der Waals surface area contributed by atoms with Crippen molar-refractivity contribution in [3.63, 3.8) is 0 Å². The Bertz CT molecular complexity index is 567. The Morgan fingerprint density at radius 2 is 2.10 bits per heavy atom. The summed E-state index contributed by atoms with van der Waals surface area (Å²) < 4.78 is 64.8. The number of aromatic nitrogens is 1. The van der Waals surface area contributed by atoms with E-state index in [0.717, 1.165) is 0 Å². The molecule has 0 N–H and O–H groups in total. The van der Waals surface area contributed by atoms with Crippen LogP contribution in [0.5, 0.6) is 5.88 Å². The SMILES string of the molecule is N#CCc1cc([N+](=O)[O-])c(C(F)F)nc1OC(F)(F)F. The zero-order valence-corrected chi connectivity index (χ0v) is 9.32. The third kappa shape index (κ3) is 3.74. The highest BCUT2D eigenvalue weighted by Crippen LogP contribution is 2.34. The maximum absolute atomic E-state index is 12.5. The van der Waals surface area contributed by atoms with Crippen LogP contribution in [0.3, 0.4) is 0 Å². The van der Waals surface area contributed by atoms with Gasteiger partial charge in [-0.1, -0.05) is 0 Å². The van der Waals surface area contributed by atoms with Gasteiger partial charge < -0.3 is 4.74 Å². The average molecular weight is 297 g/mol. The molecule has 0 amide bonds. The number of pyridine rings is 1. The van der Waals surface area contributed by atoms with E-state index in [1.54, 1.807) is 0 Å². The first-order valence-electron chi connectivity index (χ1n) is 4.74. The third-order valence-electron chi connectivity index (χ3n) is 1.96. The molecule has 108 valence electrons. The summed E-state index contributed by atoms with van der Waals surface area (Å²) in [7, 11) is 0. The van der Waals surface area contributed by atoms with Crippen LogP contribution in [0.2, 0.25) is 0 Å². The maximum atomic E-state index is 12.5. The van der Waals surface area contributed by atoms with Crippen molar-refractivity contribution in [2.75, 3.05) is 0 Å². The molecule has 6 nitrogen and oxygen atoms in total. The second-order valence-corrected chi connectivity index (χ2v) is 3.30. The summed E-state index contributed by atoms with van der Waals surface area (Å²) in [5.41, 5.74) is -3.25. The van der Waals surface area contributed by atoms with Gasteiger partial charge in [-0.25, -0.2) is 13.8 Å². The van der Waals surface area contributed by atoms with E-state index in [-0.39, 0.29) is 0 Å². The van der Waals surface area contributed by atoms with Crippen LogP contribution >= 0.6 is 0 Å². The Hall–Kier alpha value is -2.51. The molecule has 11 heteroatoms. The van der Waals surface area contributed by atoms with Gasteiger partial charge in [-0.15, -0.1) is 13.2 Å². The Morgan fingerprint density at radius 1 is 1.50 bits per heavy atom. The van der Waals surface area contributed by atoms with Gasteiger partial charge in [-0.3, -0.25) is 10.1 Å². The fraction of sp³-hybridized carbons (Fsp3) is 0.333. The fourth-order valence-electron chi connectivity index (χ4n) is 1.26. The molecule has 0 fully saturated rings. The van der Waals surface area contributed by atoms with Crippen LogP contribution in [0.15, 0.2) is 6.07 Å². The number of nitro groups is 1. The van der Waals surface area contributed by atoms with E-state index in [9.17, 15) is 32.1 Å². The van der Waals surface area contributed by atoms with E-state index in [2.05, 4.69) is 9.72 Å². The summed E-state index contributed by atoms with van der Waals surface area (Å²) in [4.78, 5) is 12.1. The minimum absolute atomic E-state index is 0.415. The van der Waals surface area contributed by atoms with E-state index in [1.807, 2.05) is 0 Å². The Morgan fingerprint density at radius 3 is 2.50 bits per heavy atom. The molecule has 0 aliphatic heterocycles. The van der Waals surface area contributed by atoms with Gasteiger partial charge in [0.2, 0.25) is 5.88 Å². The summed E-state index contributed by atoms with van der Waals surface area (Å²) in [6, 6.07) is 1.84. The van der Waals surface area contributed by atoms with Crippen molar-refractivity contribution >= 4 is 5.69 Å². The Labute approximate surface area is 107 Å². The second-order valence-electron chi connectivity index (χ2n) is 3.30. The van der Waals surface area contributed by atoms with Gasteiger partial charge in [-0.05, 0) is 0 Å². The highest BCUT2D eigenvalue weighted by molar-refractivity contribution is 5.45. The number of nitriles is 1. The minimum atomic E-state index is -5.23. The van der Waals surface area contributed by atoms with Crippen LogP contribution in [0, 0.1) is 21.4 Å². The van der Waals surface area contributed by atoms with Gasteiger partial charge in [0.15, 0.2) is 5.69 Å². The lowest BCUT2D eigenvalue weighted by Gasteiger charge is -2.12. The van der Waals surface area contributed by atoms with Gasteiger partial charge in [0.25, 0.3) is 12.1 Å². The highest BCUT2D eigenvalue weighted by atomic mass is 19.4. The molecule has 0 spiro atoms. The third-order valence-corrected chi connectivity index (χ3v) is 1.96. The predicted molar refractivity (Wildman–Crippen MR) is 51.8 cm³/mol. The molecule has 1 rings (SSSR count). The van der Waals surface area contributed by atoms with Crippen molar-refractivity contribution in [2.45, 2.75) is 19.2 Å². The molecule has 0 saturated heterocycles. The quantitative estimate of drug-likeness (QED) is 0.484. The minimum Gasteiger partial charge on any atom is -0.388 e. The van der Waals surface area contributed by atoms with E-state index in [0.29, 0.717) is 6.07 Å². The van der Waals surface area contributed by atoms with Gasteiger partial charge in [0, 0.05) is 11.6 Å². The van der Waals surface area contributed by atoms with Crippen molar-refractivity contribution in [1.29, 1.82) is 5.26 Å². The van der Waals surface area contributed by atoms with Crippen molar-refractivity contribution in [1.82, 2.24) is 4.98 Å². The molecule has 0 aliphatic carbocycles. The lowest BCUT2D eigenvalue weighted by Crippen LogP contribution is -2.20. The smallest absolute Gasteiger partial charge is 0.388 e. The van der Waals surface area contributed by atoms with Crippen LogP contribution in [0.25, 0.3) is 0 Å². The van der Waals surface area contributed by atoms with Crippen LogP contribution in [-0.4, -0.2) is 16.3 Å². The van der Waals surface area contributed by atoms with E-state index in [4.69, 9.17) is 5.26 Å². The second kappa shape index (κ2) is 5.64. The Balaban J connectivity index is 3.45. The topological polar surface area (TPSA) is 89.0 Å². The lowest BCUT2D eigenvalue weighted by atomic mass is 10.1. The van der Waals surface area contributed by atoms with Crippen molar-refractivity contribution in [2.24, 2.45) is 0 Å². The summed E-state index contributed by atoms with van der Waals surface area (Å²) in [6.45, 7) is 0. The normalized spacial score (nSPS) is 11.2. The number of hydrogen-bond donors (Lipinski definition) is 0. The first kappa shape index (κ1) is 15.5. The van der Waals surface area contributed by atoms with E-state index in [1.165, 1.54) is 6.07 Å². The molecule has 0 atom stereocenters. The molecule has 1 heterocycles. The van der Waals surface area contributed by atoms with Crippen LogP contribution < -0.4 is 4.74 Å². The number of nitrogens with zero attached hydrogens (tertiary/aromatic N) is 3. The van der Waals surface area contributed by atoms with Crippen LogP contribution in [-0.2, 0) is 6.42 Å². The summed E-state index contributed by atoms with van der Waals surface area (Å²) in [5.74, 6) is -1.31. The zero-order chi connectivity index (χ0) is 15.5.